The largest absolute Gasteiger partial charge is 0.464 e. The van der Waals surface area contributed by atoms with Crippen LogP contribution in [0.15, 0.2) is 28.7 Å². The van der Waals surface area contributed by atoms with Gasteiger partial charge in [-0.1, -0.05) is 28.1 Å². The topological polar surface area (TPSA) is 55.0 Å². The van der Waals surface area contributed by atoms with Gasteiger partial charge in [0.25, 0.3) is 0 Å². The van der Waals surface area contributed by atoms with Gasteiger partial charge in [0.2, 0.25) is 0 Å². The van der Waals surface area contributed by atoms with Crippen molar-refractivity contribution in [3.8, 4) is 11.3 Å². The van der Waals surface area contributed by atoms with Gasteiger partial charge in [-0.25, -0.2) is 4.79 Å². The molecule has 0 amide bonds. The lowest BCUT2D eigenvalue weighted by atomic mass is 10.1. The second-order valence-corrected chi connectivity index (χ2v) is 4.49. The van der Waals surface area contributed by atoms with Crippen molar-refractivity contribution in [1.29, 1.82) is 0 Å². The Hall–Kier alpha value is -1.62. The number of benzene rings is 1. The molecule has 0 atom stereocenters. The van der Waals surface area contributed by atoms with Crippen molar-refractivity contribution in [2.75, 3.05) is 7.11 Å². The summed E-state index contributed by atoms with van der Waals surface area (Å²) in [5.74, 6) is -0.404. The van der Waals surface area contributed by atoms with Gasteiger partial charge < -0.3 is 4.74 Å². The van der Waals surface area contributed by atoms with Crippen LogP contribution in [0.25, 0.3) is 11.3 Å². The number of nitrogens with one attached hydrogen (secondary N) is 1. The number of halogens is 1. The van der Waals surface area contributed by atoms with Crippen LogP contribution < -0.4 is 0 Å². The second-order valence-electron chi connectivity index (χ2n) is 3.57. The quantitative estimate of drug-likeness (QED) is 0.867. The van der Waals surface area contributed by atoms with Crippen LogP contribution in [0.5, 0.6) is 0 Å². The van der Waals surface area contributed by atoms with Crippen LogP contribution in [-0.4, -0.2) is 23.3 Å². The first-order chi connectivity index (χ1) is 8.13. The smallest absolute Gasteiger partial charge is 0.356 e. The van der Waals surface area contributed by atoms with E-state index >= 15 is 0 Å². The highest BCUT2D eigenvalue weighted by atomic mass is 79.9. The first kappa shape index (κ1) is 11.9. The van der Waals surface area contributed by atoms with Gasteiger partial charge in [0.1, 0.15) is 5.69 Å². The van der Waals surface area contributed by atoms with Crippen molar-refractivity contribution >= 4 is 21.9 Å². The molecule has 0 fully saturated rings. The molecule has 2 aromatic rings. The molecule has 17 heavy (non-hydrogen) atoms. The summed E-state index contributed by atoms with van der Waals surface area (Å²) in [6, 6.07) is 7.74. The third-order valence-electron chi connectivity index (χ3n) is 2.52. The van der Waals surface area contributed by atoms with E-state index in [4.69, 9.17) is 0 Å². The molecule has 0 spiro atoms. The third kappa shape index (κ3) is 2.24. The standard InChI is InChI=1S/C12H11BrN2O2/c1-7-10(8-3-5-9(13)6-4-8)14-15-11(7)12(16)17-2/h3-6H,1-2H3,(H,14,15). The van der Waals surface area contributed by atoms with E-state index in [1.807, 2.05) is 31.2 Å². The van der Waals surface area contributed by atoms with E-state index in [1.54, 1.807) is 0 Å². The number of methoxy groups -OCH3 is 1. The lowest BCUT2D eigenvalue weighted by Gasteiger charge is -1.99. The van der Waals surface area contributed by atoms with E-state index < -0.39 is 5.97 Å². The highest BCUT2D eigenvalue weighted by Gasteiger charge is 2.16. The van der Waals surface area contributed by atoms with Crippen molar-refractivity contribution in [3.63, 3.8) is 0 Å². The number of ether oxygens (including phenoxy) is 1. The number of aromatic amines is 1. The average molecular weight is 295 g/mol. The Morgan fingerprint density at radius 3 is 2.59 bits per heavy atom. The first-order valence-corrected chi connectivity index (χ1v) is 5.82. The molecule has 88 valence electrons. The molecule has 1 N–H and O–H groups in total. The van der Waals surface area contributed by atoms with Crippen LogP contribution in [0, 0.1) is 6.92 Å². The fourth-order valence-corrected chi connectivity index (χ4v) is 1.85. The number of rotatable bonds is 2. The SMILES string of the molecule is COC(=O)c1[nH]nc(-c2ccc(Br)cc2)c1C. The third-order valence-corrected chi connectivity index (χ3v) is 3.05. The number of hydrogen-bond acceptors (Lipinski definition) is 3. The van der Waals surface area contributed by atoms with E-state index in [1.165, 1.54) is 7.11 Å². The highest BCUT2D eigenvalue weighted by Crippen LogP contribution is 2.24. The molecule has 0 aliphatic carbocycles. The van der Waals surface area contributed by atoms with Crippen LogP contribution in [0.2, 0.25) is 0 Å². The van der Waals surface area contributed by atoms with Gasteiger partial charge in [0, 0.05) is 15.6 Å². The molecular weight excluding hydrogens is 284 g/mol. The Kier molecular flexibility index (Phi) is 3.28. The van der Waals surface area contributed by atoms with E-state index in [-0.39, 0.29) is 0 Å². The fourth-order valence-electron chi connectivity index (χ4n) is 1.59. The maximum Gasteiger partial charge on any atom is 0.356 e. The molecule has 1 aromatic carbocycles. The molecule has 0 radical (unpaired) electrons. The lowest BCUT2D eigenvalue weighted by molar-refractivity contribution is 0.0593. The van der Waals surface area contributed by atoms with Gasteiger partial charge in [0.05, 0.1) is 12.8 Å². The Bertz CT molecular complexity index is 546. The number of esters is 1. The summed E-state index contributed by atoms with van der Waals surface area (Å²) < 4.78 is 5.67. The zero-order chi connectivity index (χ0) is 12.4. The Balaban J connectivity index is 2.44. The maximum atomic E-state index is 11.4. The summed E-state index contributed by atoms with van der Waals surface area (Å²) >= 11 is 3.37. The number of nitrogens with zero attached hydrogens (tertiary/aromatic N) is 1. The van der Waals surface area contributed by atoms with Gasteiger partial charge in [-0.15, -0.1) is 0 Å². The number of aromatic nitrogens is 2. The molecule has 0 aliphatic rings. The molecule has 0 unspecified atom stereocenters. The summed E-state index contributed by atoms with van der Waals surface area (Å²) in [7, 11) is 1.35. The van der Waals surface area contributed by atoms with Crippen LogP contribution >= 0.6 is 15.9 Å². The fraction of sp³-hybridized carbons (Fsp3) is 0.167. The van der Waals surface area contributed by atoms with Crippen molar-refractivity contribution in [2.45, 2.75) is 6.92 Å². The van der Waals surface area contributed by atoms with Gasteiger partial charge in [-0.2, -0.15) is 5.10 Å². The van der Waals surface area contributed by atoms with E-state index in [2.05, 4.69) is 30.9 Å². The molecule has 0 saturated heterocycles. The number of carbonyl (C=O) groups is 1. The van der Waals surface area contributed by atoms with Crippen molar-refractivity contribution in [3.05, 3.63) is 40.0 Å². The zero-order valence-corrected chi connectivity index (χ0v) is 11.0. The predicted octanol–water partition coefficient (Wildman–Crippen LogP) is 2.93. The molecular formula is C12H11BrN2O2. The molecule has 4 nitrogen and oxygen atoms in total. The minimum atomic E-state index is -0.404. The maximum absolute atomic E-state index is 11.4. The van der Waals surface area contributed by atoms with Crippen LogP contribution in [0.4, 0.5) is 0 Å². The first-order valence-electron chi connectivity index (χ1n) is 5.02. The van der Waals surface area contributed by atoms with Crippen molar-refractivity contribution in [2.24, 2.45) is 0 Å². The molecule has 0 saturated carbocycles. The van der Waals surface area contributed by atoms with Crippen LogP contribution in [-0.2, 0) is 4.74 Å². The number of hydrogen-bond donors (Lipinski definition) is 1. The normalized spacial score (nSPS) is 10.3. The van der Waals surface area contributed by atoms with Crippen LogP contribution in [0.1, 0.15) is 16.1 Å². The highest BCUT2D eigenvalue weighted by molar-refractivity contribution is 9.10. The molecule has 0 bridgehead atoms. The van der Waals surface area contributed by atoms with Gasteiger partial charge in [-0.3, -0.25) is 5.10 Å². The number of H-pyrrole nitrogens is 1. The van der Waals surface area contributed by atoms with Gasteiger partial charge >= 0.3 is 5.97 Å². The monoisotopic (exact) mass is 294 g/mol. The summed E-state index contributed by atoms with van der Waals surface area (Å²) in [6.07, 6.45) is 0. The van der Waals surface area contributed by atoms with Crippen molar-refractivity contribution < 1.29 is 9.53 Å². The number of carbonyl (C=O) groups excluding carboxylic acids is 1. The predicted molar refractivity (Wildman–Crippen MR) is 67.8 cm³/mol. The van der Waals surface area contributed by atoms with Crippen molar-refractivity contribution in [1.82, 2.24) is 10.2 Å². The summed E-state index contributed by atoms with van der Waals surface area (Å²) in [4.78, 5) is 11.4. The van der Waals surface area contributed by atoms with Crippen LogP contribution in [0.3, 0.4) is 0 Å². The van der Waals surface area contributed by atoms with Gasteiger partial charge in [-0.05, 0) is 19.1 Å². The zero-order valence-electron chi connectivity index (χ0n) is 9.45. The summed E-state index contributed by atoms with van der Waals surface area (Å²) in [5, 5.41) is 6.85. The van der Waals surface area contributed by atoms with E-state index in [0.29, 0.717) is 5.69 Å². The van der Waals surface area contributed by atoms with E-state index in [9.17, 15) is 4.79 Å². The molecule has 0 aliphatic heterocycles. The Morgan fingerprint density at radius 2 is 2.00 bits per heavy atom. The Morgan fingerprint density at radius 1 is 1.35 bits per heavy atom. The minimum absolute atomic E-state index is 0.394. The molecule has 5 heteroatoms. The molecule has 1 heterocycles. The average Bonchev–Trinajstić information content (AvgIpc) is 2.71. The Labute approximate surface area is 107 Å². The second kappa shape index (κ2) is 4.71. The lowest BCUT2D eigenvalue weighted by Crippen LogP contribution is -2.03. The van der Waals surface area contributed by atoms with Gasteiger partial charge in [0.15, 0.2) is 0 Å². The minimum Gasteiger partial charge on any atom is -0.464 e. The molecule has 1 aromatic heterocycles. The van der Waals surface area contributed by atoms with E-state index in [0.717, 1.165) is 21.3 Å². The molecule has 2 rings (SSSR count). The summed E-state index contributed by atoms with van der Waals surface area (Å²) in [5.41, 5.74) is 2.90. The summed E-state index contributed by atoms with van der Waals surface area (Å²) in [6.45, 7) is 1.84.